The van der Waals surface area contributed by atoms with Crippen molar-refractivity contribution in [3.8, 4) is 11.5 Å². The number of phenolic OH excluding ortho intramolecular Hbond substituents is 1. The van der Waals surface area contributed by atoms with Crippen molar-refractivity contribution in [2.75, 3.05) is 7.11 Å². The number of aromatic hydroxyl groups is 1. The van der Waals surface area contributed by atoms with E-state index in [4.69, 9.17) is 4.74 Å². The molecule has 1 amide bonds. The quantitative estimate of drug-likeness (QED) is 0.345. The summed E-state index contributed by atoms with van der Waals surface area (Å²) in [5.41, 5.74) is 4.21. The molecule has 0 fully saturated rings. The minimum absolute atomic E-state index is 0.0882. The van der Waals surface area contributed by atoms with Crippen LogP contribution in [0.25, 0.3) is 10.8 Å². The Kier molecular flexibility index (Phi) is 5.72. The lowest BCUT2D eigenvalue weighted by Crippen LogP contribution is -2.19. The van der Waals surface area contributed by atoms with Crippen molar-refractivity contribution in [2.45, 2.75) is 6.42 Å². The molecule has 0 aliphatic heterocycles. The maximum absolute atomic E-state index is 12.2. The van der Waals surface area contributed by atoms with E-state index in [1.54, 1.807) is 12.1 Å². The van der Waals surface area contributed by atoms with Crippen molar-refractivity contribution in [1.82, 2.24) is 5.43 Å². The van der Waals surface area contributed by atoms with Crippen LogP contribution < -0.4 is 10.2 Å². The Morgan fingerprint density at radius 3 is 2.81 bits per heavy atom. The van der Waals surface area contributed by atoms with Gasteiger partial charge in [0.15, 0.2) is 11.5 Å². The fourth-order valence-corrected chi connectivity index (χ4v) is 3.29. The van der Waals surface area contributed by atoms with Crippen molar-refractivity contribution in [3.63, 3.8) is 0 Å². The number of benzene rings is 3. The van der Waals surface area contributed by atoms with Crippen molar-refractivity contribution in [1.29, 1.82) is 0 Å². The van der Waals surface area contributed by atoms with E-state index in [0.29, 0.717) is 9.32 Å². The number of phenols is 1. The average Bonchev–Trinajstić information content (AvgIpc) is 2.64. The Morgan fingerprint density at radius 2 is 2.00 bits per heavy atom. The largest absolute Gasteiger partial charge is 0.504 e. The summed E-state index contributed by atoms with van der Waals surface area (Å²) in [6.07, 6.45) is 1.76. The molecule has 0 atom stereocenters. The molecule has 0 bridgehead atoms. The fraction of sp³-hybridized carbons (Fsp3) is 0.100. The molecule has 2 N–H and O–H groups in total. The Balaban J connectivity index is 1.69. The summed E-state index contributed by atoms with van der Waals surface area (Å²) in [6, 6.07) is 17.3. The van der Waals surface area contributed by atoms with Crippen LogP contribution in [0, 0.1) is 3.57 Å². The van der Waals surface area contributed by atoms with E-state index < -0.39 is 0 Å². The number of rotatable bonds is 5. The zero-order chi connectivity index (χ0) is 18.5. The number of hydrazone groups is 1. The number of nitrogens with zero attached hydrogens (tertiary/aromatic N) is 1. The first-order chi connectivity index (χ1) is 12.6. The van der Waals surface area contributed by atoms with Gasteiger partial charge >= 0.3 is 0 Å². The van der Waals surface area contributed by atoms with Crippen LogP contribution in [0.2, 0.25) is 0 Å². The van der Waals surface area contributed by atoms with E-state index in [9.17, 15) is 9.90 Å². The number of fused-ring (bicyclic) bond motifs is 1. The Hall–Kier alpha value is -2.61. The van der Waals surface area contributed by atoms with Crippen LogP contribution >= 0.6 is 22.6 Å². The first kappa shape index (κ1) is 18.2. The first-order valence-electron chi connectivity index (χ1n) is 7.93. The molecule has 0 spiro atoms. The van der Waals surface area contributed by atoms with Crippen molar-refractivity contribution in [3.05, 3.63) is 69.3 Å². The van der Waals surface area contributed by atoms with Crippen molar-refractivity contribution >= 4 is 45.5 Å². The number of nitrogens with one attached hydrogen (secondary N) is 1. The standard InChI is InChI=1S/C20H17IN2O3/c1-26-18-10-13(9-17(21)20(18)25)12-22-23-19(24)11-15-7-4-6-14-5-2-3-8-16(14)15/h2-10,12,25H,11H2,1H3,(H,23,24). The highest BCUT2D eigenvalue weighted by atomic mass is 127. The van der Waals surface area contributed by atoms with Gasteiger partial charge < -0.3 is 9.84 Å². The highest BCUT2D eigenvalue weighted by Gasteiger charge is 2.08. The van der Waals surface area contributed by atoms with Crippen LogP contribution in [-0.4, -0.2) is 24.3 Å². The summed E-state index contributed by atoms with van der Waals surface area (Å²) >= 11 is 2.01. The predicted octanol–water partition coefficient (Wildman–Crippen LogP) is 3.85. The van der Waals surface area contributed by atoms with Crippen LogP contribution in [-0.2, 0) is 11.2 Å². The third kappa shape index (κ3) is 4.13. The van der Waals surface area contributed by atoms with E-state index in [0.717, 1.165) is 21.9 Å². The summed E-state index contributed by atoms with van der Waals surface area (Å²) in [7, 11) is 1.48. The molecule has 132 valence electrons. The number of amides is 1. The average molecular weight is 460 g/mol. The Labute approximate surface area is 164 Å². The number of carbonyl (C=O) groups excluding carboxylic acids is 1. The maximum Gasteiger partial charge on any atom is 0.244 e. The van der Waals surface area contributed by atoms with E-state index >= 15 is 0 Å². The van der Waals surface area contributed by atoms with Gasteiger partial charge in [-0.15, -0.1) is 0 Å². The molecule has 3 aromatic carbocycles. The topological polar surface area (TPSA) is 70.9 Å². The van der Waals surface area contributed by atoms with Crippen LogP contribution in [0.1, 0.15) is 11.1 Å². The highest BCUT2D eigenvalue weighted by molar-refractivity contribution is 14.1. The molecule has 0 unspecified atom stereocenters. The number of carbonyl (C=O) groups is 1. The second-order valence-electron chi connectivity index (χ2n) is 5.66. The fourth-order valence-electron chi connectivity index (χ4n) is 2.66. The minimum atomic E-state index is -0.196. The molecule has 3 rings (SSSR count). The van der Waals surface area contributed by atoms with Crippen molar-refractivity contribution < 1.29 is 14.6 Å². The van der Waals surface area contributed by atoms with Gasteiger partial charge in [-0.2, -0.15) is 5.10 Å². The second-order valence-corrected chi connectivity index (χ2v) is 6.82. The molecular formula is C20H17IN2O3. The number of hydrogen-bond donors (Lipinski definition) is 2. The van der Waals surface area contributed by atoms with Gasteiger partial charge in [-0.1, -0.05) is 42.5 Å². The Bertz CT molecular complexity index is 981. The van der Waals surface area contributed by atoms with Crippen LogP contribution in [0.15, 0.2) is 59.7 Å². The first-order valence-corrected chi connectivity index (χ1v) is 9.01. The van der Waals surface area contributed by atoms with Crippen molar-refractivity contribution in [2.24, 2.45) is 5.10 Å². The van der Waals surface area contributed by atoms with Gasteiger partial charge in [0.1, 0.15) is 0 Å². The van der Waals surface area contributed by atoms with E-state index in [1.165, 1.54) is 13.3 Å². The summed E-state index contributed by atoms with van der Waals surface area (Å²) in [4.78, 5) is 12.2. The molecule has 0 radical (unpaired) electrons. The minimum Gasteiger partial charge on any atom is -0.504 e. The molecule has 0 aliphatic carbocycles. The molecule has 26 heavy (non-hydrogen) atoms. The maximum atomic E-state index is 12.2. The van der Waals surface area contributed by atoms with E-state index in [1.807, 2.05) is 65.1 Å². The zero-order valence-electron chi connectivity index (χ0n) is 14.1. The molecule has 0 heterocycles. The predicted molar refractivity (Wildman–Crippen MR) is 111 cm³/mol. The van der Waals surface area contributed by atoms with Gasteiger partial charge in [-0.3, -0.25) is 4.79 Å². The molecular weight excluding hydrogens is 443 g/mol. The lowest BCUT2D eigenvalue weighted by molar-refractivity contribution is -0.120. The van der Waals surface area contributed by atoms with Gasteiger partial charge in [-0.25, -0.2) is 5.43 Å². The molecule has 3 aromatic rings. The van der Waals surface area contributed by atoms with Gasteiger partial charge in [-0.05, 0) is 56.6 Å². The van der Waals surface area contributed by atoms with Gasteiger partial charge in [0, 0.05) is 0 Å². The smallest absolute Gasteiger partial charge is 0.244 e. The molecule has 0 aliphatic rings. The molecule has 0 aromatic heterocycles. The summed E-state index contributed by atoms with van der Waals surface area (Å²) < 4.78 is 5.75. The number of methoxy groups -OCH3 is 1. The summed E-state index contributed by atoms with van der Waals surface area (Å²) in [5.74, 6) is 0.253. The normalized spacial score (nSPS) is 11.0. The third-order valence-electron chi connectivity index (χ3n) is 3.90. The van der Waals surface area contributed by atoms with E-state index in [2.05, 4.69) is 10.5 Å². The zero-order valence-corrected chi connectivity index (χ0v) is 16.2. The molecule has 0 saturated carbocycles. The van der Waals surface area contributed by atoms with E-state index in [-0.39, 0.29) is 18.1 Å². The monoisotopic (exact) mass is 460 g/mol. The van der Waals surface area contributed by atoms with Crippen LogP contribution in [0.4, 0.5) is 0 Å². The van der Waals surface area contributed by atoms with Crippen LogP contribution in [0.3, 0.4) is 0 Å². The lowest BCUT2D eigenvalue weighted by atomic mass is 10.0. The molecule has 6 heteroatoms. The number of hydrogen-bond acceptors (Lipinski definition) is 4. The SMILES string of the molecule is COc1cc(C=NNC(=O)Cc2cccc3ccccc23)cc(I)c1O. The molecule has 0 saturated heterocycles. The van der Waals surface area contributed by atoms with Gasteiger partial charge in [0.25, 0.3) is 0 Å². The van der Waals surface area contributed by atoms with Crippen LogP contribution in [0.5, 0.6) is 11.5 Å². The highest BCUT2D eigenvalue weighted by Crippen LogP contribution is 2.31. The summed E-state index contributed by atoms with van der Waals surface area (Å²) in [6.45, 7) is 0. The van der Waals surface area contributed by atoms with Gasteiger partial charge in [0.2, 0.25) is 5.91 Å². The number of ether oxygens (including phenoxy) is 1. The Morgan fingerprint density at radius 1 is 1.23 bits per heavy atom. The second kappa shape index (κ2) is 8.18. The molecule has 5 nitrogen and oxygen atoms in total. The summed E-state index contributed by atoms with van der Waals surface area (Å²) in [5, 5.41) is 16.0. The van der Waals surface area contributed by atoms with Gasteiger partial charge in [0.05, 0.1) is 23.3 Å². The third-order valence-corrected chi connectivity index (χ3v) is 4.73. The lowest BCUT2D eigenvalue weighted by Gasteiger charge is -2.07. The number of halogens is 1.